The molecule has 2 heterocycles. The number of Topliss-reactive ketones (excluding diaryl/α,β-unsaturated/α-hetero) is 1. The Kier molecular flexibility index (Phi) is 1.99. The molecule has 1 aliphatic carbocycles. The van der Waals surface area contributed by atoms with Gasteiger partial charge in [0.2, 0.25) is 0 Å². The van der Waals surface area contributed by atoms with E-state index in [4.69, 9.17) is 0 Å². The van der Waals surface area contributed by atoms with Crippen molar-refractivity contribution in [1.29, 1.82) is 0 Å². The molecule has 0 unspecified atom stereocenters. The van der Waals surface area contributed by atoms with Crippen LogP contribution in [0.5, 0.6) is 0 Å². The molecule has 0 aromatic carbocycles. The van der Waals surface area contributed by atoms with Crippen LogP contribution in [-0.4, -0.2) is 10.7 Å². The van der Waals surface area contributed by atoms with Crippen molar-refractivity contribution >= 4 is 5.78 Å². The van der Waals surface area contributed by atoms with E-state index in [0.717, 1.165) is 35.6 Å². The fourth-order valence-corrected chi connectivity index (χ4v) is 2.39. The molecule has 0 spiro atoms. The third-order valence-corrected chi connectivity index (χ3v) is 3.23. The smallest absolute Gasteiger partial charge is 0.180 e. The largest absolute Gasteiger partial charge is 0.337 e. The Morgan fingerprint density at radius 3 is 3.06 bits per heavy atom. The number of ketones is 1. The van der Waals surface area contributed by atoms with Gasteiger partial charge in [-0.2, -0.15) is 0 Å². The van der Waals surface area contributed by atoms with Gasteiger partial charge in [-0.1, -0.05) is 12.2 Å². The zero-order valence-electron chi connectivity index (χ0n) is 9.29. The van der Waals surface area contributed by atoms with E-state index in [1.807, 2.05) is 18.4 Å². The molecule has 0 bridgehead atoms. The quantitative estimate of drug-likeness (QED) is 0.670. The van der Waals surface area contributed by atoms with Gasteiger partial charge in [0.15, 0.2) is 5.78 Å². The molecule has 3 heteroatoms. The second-order valence-corrected chi connectivity index (χ2v) is 4.33. The highest BCUT2D eigenvalue weighted by molar-refractivity contribution is 5.97. The summed E-state index contributed by atoms with van der Waals surface area (Å²) in [5.41, 5.74) is 3.10. The summed E-state index contributed by atoms with van der Waals surface area (Å²) in [5.74, 6) is 1.28. The summed E-state index contributed by atoms with van der Waals surface area (Å²) in [4.78, 5) is 13.9. The van der Waals surface area contributed by atoms with E-state index in [-0.39, 0.29) is 5.78 Å². The van der Waals surface area contributed by atoms with Gasteiger partial charge >= 0.3 is 0 Å². The monoisotopic (exact) mass is 214 g/mol. The van der Waals surface area contributed by atoms with E-state index < -0.39 is 0 Å². The van der Waals surface area contributed by atoms with Gasteiger partial charge in [-0.05, 0) is 31.4 Å². The van der Waals surface area contributed by atoms with E-state index >= 15 is 0 Å². The summed E-state index contributed by atoms with van der Waals surface area (Å²) < 4.78 is 0. The molecule has 3 nitrogen and oxygen atoms in total. The zero-order valence-corrected chi connectivity index (χ0v) is 9.29. The van der Waals surface area contributed by atoms with Crippen LogP contribution in [0.3, 0.4) is 0 Å². The van der Waals surface area contributed by atoms with E-state index in [2.05, 4.69) is 23.2 Å². The second-order valence-electron chi connectivity index (χ2n) is 4.33. The van der Waals surface area contributed by atoms with Gasteiger partial charge in [-0.3, -0.25) is 4.79 Å². The van der Waals surface area contributed by atoms with Crippen molar-refractivity contribution in [3.8, 4) is 0 Å². The van der Waals surface area contributed by atoms with E-state index in [1.165, 1.54) is 0 Å². The summed E-state index contributed by atoms with van der Waals surface area (Å²) in [6, 6.07) is 0. The van der Waals surface area contributed by atoms with Gasteiger partial charge in [-0.25, -0.2) is 0 Å². The molecule has 0 saturated carbocycles. The third kappa shape index (κ3) is 1.24. The van der Waals surface area contributed by atoms with Crippen LogP contribution in [0.15, 0.2) is 47.2 Å². The number of hydrogen-bond donors (Lipinski definition) is 1. The molecule has 0 amide bonds. The van der Waals surface area contributed by atoms with Crippen LogP contribution in [0.2, 0.25) is 0 Å². The molecule has 0 aromatic rings. The Labute approximate surface area is 94.8 Å². The van der Waals surface area contributed by atoms with Crippen LogP contribution < -0.4 is 5.32 Å². The Balaban J connectivity index is 2.09. The lowest BCUT2D eigenvalue weighted by Gasteiger charge is -2.19. The molecule has 0 radical (unpaired) electrons. The van der Waals surface area contributed by atoms with E-state index in [0.29, 0.717) is 6.42 Å². The highest BCUT2D eigenvalue weighted by Gasteiger charge is 2.32. The first-order chi connectivity index (χ1) is 7.77. The fourth-order valence-electron chi connectivity index (χ4n) is 2.39. The second kappa shape index (κ2) is 3.37. The standard InChI is InChI=1S/C13H14N2O/c1-9-5-2-3-8-15-10-6-4-7-11(16)12(10)14-13(9)15/h2-3,5,8,14H,4,6-7H2,1H3. The number of nitrogens with zero attached hydrogens (tertiary/aromatic N) is 1. The number of carbonyl (C=O) groups excluding carboxylic acids is 1. The van der Waals surface area contributed by atoms with Crippen LogP contribution in [0.4, 0.5) is 0 Å². The van der Waals surface area contributed by atoms with Crippen molar-refractivity contribution in [2.45, 2.75) is 26.2 Å². The van der Waals surface area contributed by atoms with Crippen molar-refractivity contribution in [3.63, 3.8) is 0 Å². The van der Waals surface area contributed by atoms with Crippen molar-refractivity contribution in [2.24, 2.45) is 0 Å². The Morgan fingerprint density at radius 2 is 2.19 bits per heavy atom. The summed E-state index contributed by atoms with van der Waals surface area (Å²) >= 11 is 0. The molecule has 3 rings (SSSR count). The third-order valence-electron chi connectivity index (χ3n) is 3.23. The molecule has 16 heavy (non-hydrogen) atoms. The Hall–Kier alpha value is -1.77. The molecular weight excluding hydrogens is 200 g/mol. The Morgan fingerprint density at radius 1 is 1.31 bits per heavy atom. The molecule has 2 aliphatic heterocycles. The maximum Gasteiger partial charge on any atom is 0.180 e. The predicted octanol–water partition coefficient (Wildman–Crippen LogP) is 2.17. The van der Waals surface area contributed by atoms with Gasteiger partial charge in [0.1, 0.15) is 11.5 Å². The van der Waals surface area contributed by atoms with Gasteiger partial charge in [0.25, 0.3) is 0 Å². The lowest BCUT2D eigenvalue weighted by atomic mass is 10.0. The van der Waals surface area contributed by atoms with Crippen LogP contribution in [0.25, 0.3) is 0 Å². The first-order valence-electron chi connectivity index (χ1n) is 5.66. The summed E-state index contributed by atoms with van der Waals surface area (Å²) in [6.45, 7) is 2.06. The fraction of sp³-hybridized carbons (Fsp3) is 0.308. The topological polar surface area (TPSA) is 32.3 Å². The minimum Gasteiger partial charge on any atom is -0.337 e. The predicted molar refractivity (Wildman–Crippen MR) is 61.8 cm³/mol. The average molecular weight is 214 g/mol. The van der Waals surface area contributed by atoms with Crippen molar-refractivity contribution in [1.82, 2.24) is 10.2 Å². The van der Waals surface area contributed by atoms with Crippen molar-refractivity contribution < 1.29 is 4.79 Å². The number of hydrogen-bond acceptors (Lipinski definition) is 3. The lowest BCUT2D eigenvalue weighted by Crippen LogP contribution is -2.18. The normalized spacial score (nSPS) is 23.3. The van der Waals surface area contributed by atoms with Crippen LogP contribution >= 0.6 is 0 Å². The van der Waals surface area contributed by atoms with E-state index in [9.17, 15) is 4.79 Å². The highest BCUT2D eigenvalue weighted by Crippen LogP contribution is 2.34. The maximum atomic E-state index is 11.8. The molecular formula is C13H14N2O. The molecule has 3 aliphatic rings. The van der Waals surface area contributed by atoms with Crippen LogP contribution in [0.1, 0.15) is 26.2 Å². The van der Waals surface area contributed by atoms with Crippen molar-refractivity contribution in [3.05, 3.63) is 47.2 Å². The van der Waals surface area contributed by atoms with Crippen LogP contribution in [-0.2, 0) is 4.79 Å². The van der Waals surface area contributed by atoms with Crippen LogP contribution in [0, 0.1) is 0 Å². The van der Waals surface area contributed by atoms with Crippen molar-refractivity contribution in [2.75, 3.05) is 0 Å². The SMILES string of the molecule is CC1=C2NC3=C(CCCC3=O)N2C=CC=C1. The maximum absolute atomic E-state index is 11.8. The highest BCUT2D eigenvalue weighted by atomic mass is 16.1. The average Bonchev–Trinajstić information content (AvgIpc) is 2.55. The molecule has 0 atom stereocenters. The van der Waals surface area contributed by atoms with Gasteiger partial charge in [-0.15, -0.1) is 0 Å². The molecule has 0 saturated heterocycles. The minimum atomic E-state index is 0.243. The molecule has 0 fully saturated rings. The van der Waals surface area contributed by atoms with Gasteiger partial charge in [0.05, 0.1) is 5.70 Å². The lowest BCUT2D eigenvalue weighted by molar-refractivity contribution is -0.116. The molecule has 1 N–H and O–H groups in total. The first-order valence-corrected chi connectivity index (χ1v) is 5.66. The number of allylic oxidation sites excluding steroid dienone is 6. The number of rotatable bonds is 0. The number of carbonyl (C=O) groups is 1. The molecule has 82 valence electrons. The number of nitrogens with one attached hydrogen (secondary N) is 1. The summed E-state index contributed by atoms with van der Waals surface area (Å²) in [7, 11) is 0. The zero-order chi connectivity index (χ0) is 11.1. The molecule has 0 aromatic heterocycles. The number of fused-ring (bicyclic) bond motifs is 2. The van der Waals surface area contributed by atoms with Gasteiger partial charge < -0.3 is 10.2 Å². The first kappa shape index (κ1) is 9.46. The summed E-state index contributed by atoms with van der Waals surface area (Å²) in [5, 5.41) is 3.27. The van der Waals surface area contributed by atoms with Gasteiger partial charge in [0, 0.05) is 12.6 Å². The Bertz CT molecular complexity index is 480. The minimum absolute atomic E-state index is 0.243. The summed E-state index contributed by atoms with van der Waals surface area (Å²) in [6.07, 6.45) is 10.7. The van der Waals surface area contributed by atoms with E-state index in [1.54, 1.807) is 0 Å².